The highest BCUT2D eigenvalue weighted by atomic mass is 32.2. The van der Waals surface area contributed by atoms with Crippen molar-refractivity contribution in [1.82, 2.24) is 0 Å². The van der Waals surface area contributed by atoms with Crippen molar-refractivity contribution in [3.8, 4) is 23.0 Å². The van der Waals surface area contributed by atoms with Gasteiger partial charge in [0.2, 0.25) is 0 Å². The summed E-state index contributed by atoms with van der Waals surface area (Å²) in [5.41, 5.74) is 5.23. The lowest BCUT2D eigenvalue weighted by atomic mass is 9.77. The first kappa shape index (κ1) is 31.5. The normalized spacial score (nSPS) is 15.6. The maximum Gasteiger partial charge on any atom is 0.340 e. The van der Waals surface area contributed by atoms with E-state index in [4.69, 9.17) is 18.9 Å². The Bertz CT molecular complexity index is 1960. The SMILES string of the molecule is CCSc1cc2c(cc1N(c1ccccc1OC)c1ccccc1OC)C1(OC(=O)c3ccccc31)c1ccc(N(CC)CC)cc1O2. The van der Waals surface area contributed by atoms with Crippen molar-refractivity contribution in [2.75, 3.05) is 42.9 Å². The van der Waals surface area contributed by atoms with Crippen molar-refractivity contribution < 1.29 is 23.7 Å². The fourth-order valence-corrected chi connectivity index (χ4v) is 7.73. The predicted octanol–water partition coefficient (Wildman–Crippen LogP) is 9.70. The molecule has 1 spiro atoms. The molecule has 0 N–H and O–H groups in total. The van der Waals surface area contributed by atoms with Crippen molar-refractivity contribution in [2.24, 2.45) is 0 Å². The molecular weight excluding hydrogens is 621 g/mol. The highest BCUT2D eigenvalue weighted by Crippen LogP contribution is 2.59. The first-order valence-electron chi connectivity index (χ1n) is 16.3. The monoisotopic (exact) mass is 658 g/mol. The van der Waals surface area contributed by atoms with E-state index in [-0.39, 0.29) is 5.97 Å². The first-order valence-corrected chi connectivity index (χ1v) is 17.2. The van der Waals surface area contributed by atoms with Crippen LogP contribution >= 0.6 is 11.8 Å². The molecule has 0 aliphatic carbocycles. The van der Waals surface area contributed by atoms with Crippen molar-refractivity contribution >= 4 is 40.5 Å². The van der Waals surface area contributed by atoms with Gasteiger partial charge in [-0.3, -0.25) is 0 Å². The number of anilines is 4. The molecule has 7 nitrogen and oxygen atoms in total. The molecule has 5 aromatic carbocycles. The molecule has 2 heterocycles. The van der Waals surface area contributed by atoms with Crippen molar-refractivity contribution in [3.63, 3.8) is 0 Å². The number of rotatable bonds is 10. The maximum atomic E-state index is 13.7. The second-order valence-electron chi connectivity index (χ2n) is 11.5. The average Bonchev–Trinajstić information content (AvgIpc) is 3.42. The Kier molecular flexibility index (Phi) is 8.43. The maximum absolute atomic E-state index is 13.7. The van der Waals surface area contributed by atoms with E-state index in [0.717, 1.165) is 63.2 Å². The second kappa shape index (κ2) is 12.8. The Labute approximate surface area is 286 Å². The fourth-order valence-electron chi connectivity index (χ4n) is 6.93. The van der Waals surface area contributed by atoms with E-state index in [0.29, 0.717) is 28.6 Å². The van der Waals surface area contributed by atoms with Crippen LogP contribution in [-0.2, 0) is 10.3 Å². The number of nitrogens with zero attached hydrogens (tertiary/aromatic N) is 2. The molecule has 8 heteroatoms. The van der Waals surface area contributed by atoms with Gasteiger partial charge in [-0.05, 0) is 74.2 Å². The Balaban J connectivity index is 1.55. The van der Waals surface area contributed by atoms with E-state index in [1.807, 2.05) is 78.9 Å². The minimum atomic E-state index is -1.23. The molecule has 0 radical (unpaired) electrons. The molecule has 2 aliphatic rings. The van der Waals surface area contributed by atoms with Crippen LogP contribution < -0.4 is 24.0 Å². The lowest BCUT2D eigenvalue weighted by Crippen LogP contribution is -2.33. The molecule has 5 aromatic rings. The molecular formula is C40H38N2O5S. The molecule has 7 rings (SSSR count). The molecule has 0 bridgehead atoms. The summed E-state index contributed by atoms with van der Waals surface area (Å²) in [6, 6.07) is 33.9. The van der Waals surface area contributed by atoms with Gasteiger partial charge in [0.1, 0.15) is 23.0 Å². The molecule has 0 amide bonds. The van der Waals surface area contributed by atoms with Gasteiger partial charge in [0.25, 0.3) is 0 Å². The van der Waals surface area contributed by atoms with Gasteiger partial charge in [-0.2, -0.15) is 0 Å². The number of esters is 1. The van der Waals surface area contributed by atoms with E-state index in [9.17, 15) is 4.79 Å². The molecule has 0 aromatic heterocycles. The topological polar surface area (TPSA) is 60.5 Å². The molecule has 0 saturated heterocycles. The zero-order valence-corrected chi connectivity index (χ0v) is 28.6. The molecule has 0 saturated carbocycles. The lowest BCUT2D eigenvalue weighted by molar-refractivity contribution is 0.0224. The zero-order chi connectivity index (χ0) is 33.4. The standard InChI is InChI=1S/C40H38N2O5S/c1-6-41(7-2)26-21-22-29-36(23-26)46-37-25-38(48-8-3)33(24-30(37)40(29)28-16-10-9-15-27(28)39(43)47-40)42(31-17-11-13-19-34(31)44-4)32-18-12-14-20-35(32)45-5/h9-25H,6-8H2,1-5H3. The van der Waals surface area contributed by atoms with E-state index in [1.54, 1.807) is 26.0 Å². The number of benzene rings is 5. The quantitative estimate of drug-likeness (QED) is 0.109. The third-order valence-electron chi connectivity index (χ3n) is 9.10. The van der Waals surface area contributed by atoms with Crippen LogP contribution in [0.3, 0.4) is 0 Å². The number of carbonyl (C=O) groups excluding carboxylic acids is 1. The van der Waals surface area contributed by atoms with Gasteiger partial charge in [-0.1, -0.05) is 49.4 Å². The average molecular weight is 659 g/mol. The van der Waals surface area contributed by atoms with Crippen LogP contribution in [0.4, 0.5) is 22.7 Å². The largest absolute Gasteiger partial charge is 0.495 e. The van der Waals surface area contributed by atoms with E-state index >= 15 is 0 Å². The van der Waals surface area contributed by atoms with Gasteiger partial charge >= 0.3 is 5.97 Å². The highest BCUT2D eigenvalue weighted by Gasteiger charge is 2.54. The van der Waals surface area contributed by atoms with E-state index in [1.165, 1.54) is 0 Å². The van der Waals surface area contributed by atoms with Crippen LogP contribution in [-0.4, -0.2) is 39.0 Å². The fraction of sp³-hybridized carbons (Fsp3) is 0.225. The third-order valence-corrected chi connectivity index (χ3v) is 10.0. The summed E-state index contributed by atoms with van der Waals surface area (Å²) >= 11 is 1.71. The number of ether oxygens (including phenoxy) is 4. The Morgan fingerprint density at radius 2 is 1.31 bits per heavy atom. The number of carbonyl (C=O) groups is 1. The van der Waals surface area contributed by atoms with Crippen LogP contribution in [0.5, 0.6) is 23.0 Å². The Morgan fingerprint density at radius 3 is 1.96 bits per heavy atom. The summed E-state index contributed by atoms with van der Waals surface area (Å²) in [6.07, 6.45) is 0. The summed E-state index contributed by atoms with van der Waals surface area (Å²) in [6.45, 7) is 8.13. The Hall–Kier alpha value is -5.08. The predicted molar refractivity (Wildman–Crippen MR) is 192 cm³/mol. The number of hydrogen-bond acceptors (Lipinski definition) is 8. The second-order valence-corrected chi connectivity index (χ2v) is 12.8. The van der Waals surface area contributed by atoms with Gasteiger partial charge in [-0.25, -0.2) is 4.79 Å². The van der Waals surface area contributed by atoms with E-state index < -0.39 is 5.60 Å². The van der Waals surface area contributed by atoms with Gasteiger partial charge < -0.3 is 28.7 Å². The summed E-state index contributed by atoms with van der Waals surface area (Å²) in [5.74, 6) is 3.17. The molecule has 48 heavy (non-hydrogen) atoms. The minimum absolute atomic E-state index is 0.364. The zero-order valence-electron chi connectivity index (χ0n) is 27.8. The van der Waals surface area contributed by atoms with E-state index in [2.05, 4.69) is 54.8 Å². The number of fused-ring (bicyclic) bond motifs is 6. The van der Waals surface area contributed by atoms with Crippen LogP contribution in [0, 0.1) is 0 Å². The van der Waals surface area contributed by atoms with Crippen LogP contribution in [0.25, 0.3) is 0 Å². The molecule has 244 valence electrons. The Morgan fingerprint density at radius 1 is 0.688 bits per heavy atom. The number of thioether (sulfide) groups is 1. The van der Waals surface area contributed by atoms with Gasteiger partial charge in [0.05, 0.1) is 36.8 Å². The van der Waals surface area contributed by atoms with Gasteiger partial charge in [-0.15, -0.1) is 11.8 Å². The molecule has 2 aliphatic heterocycles. The van der Waals surface area contributed by atoms with Gasteiger partial charge in [0.15, 0.2) is 5.60 Å². The van der Waals surface area contributed by atoms with Crippen LogP contribution in [0.1, 0.15) is 47.8 Å². The molecule has 1 atom stereocenters. The third kappa shape index (κ3) is 4.94. The van der Waals surface area contributed by atoms with Gasteiger partial charge in [0, 0.05) is 46.4 Å². The van der Waals surface area contributed by atoms with Crippen LogP contribution in [0.2, 0.25) is 0 Å². The summed E-state index contributed by atoms with van der Waals surface area (Å²) in [7, 11) is 3.35. The van der Waals surface area contributed by atoms with Crippen molar-refractivity contribution in [3.05, 3.63) is 125 Å². The smallest absolute Gasteiger partial charge is 0.340 e. The number of methoxy groups -OCH3 is 2. The number of para-hydroxylation sites is 4. The summed E-state index contributed by atoms with van der Waals surface area (Å²) in [5, 5.41) is 0. The van der Waals surface area contributed by atoms with Crippen molar-refractivity contribution in [1.29, 1.82) is 0 Å². The first-order chi connectivity index (χ1) is 23.5. The lowest BCUT2D eigenvalue weighted by Gasteiger charge is -2.39. The highest BCUT2D eigenvalue weighted by molar-refractivity contribution is 7.99. The summed E-state index contributed by atoms with van der Waals surface area (Å²) in [4.78, 5) is 19.1. The summed E-state index contributed by atoms with van der Waals surface area (Å²) < 4.78 is 25.2. The van der Waals surface area contributed by atoms with Crippen molar-refractivity contribution in [2.45, 2.75) is 31.3 Å². The minimum Gasteiger partial charge on any atom is -0.495 e. The molecule has 0 fully saturated rings. The number of hydrogen-bond donors (Lipinski definition) is 0. The molecule has 1 unspecified atom stereocenters. The van der Waals surface area contributed by atoms with Crippen LogP contribution in [0.15, 0.2) is 108 Å².